The smallest absolute Gasteiger partial charge is 0.123 e. The number of aliphatic hydroxyl groups excluding tert-OH is 1. The van der Waals surface area contributed by atoms with Crippen molar-refractivity contribution in [2.75, 3.05) is 19.7 Å². The van der Waals surface area contributed by atoms with Gasteiger partial charge in [-0.3, -0.25) is 9.58 Å². The number of rotatable bonds is 5. The Balaban J connectivity index is 1.63. The molecule has 1 aliphatic rings. The molecule has 124 valence electrons. The lowest BCUT2D eigenvalue weighted by atomic mass is 9.92. The van der Waals surface area contributed by atoms with Gasteiger partial charge in [-0.25, -0.2) is 4.39 Å². The average Bonchev–Trinajstić information content (AvgIpc) is 3.03. The number of hydrogen-bond acceptors (Lipinski definition) is 3. The van der Waals surface area contributed by atoms with Gasteiger partial charge in [0.2, 0.25) is 0 Å². The molecule has 0 unspecified atom stereocenters. The van der Waals surface area contributed by atoms with Crippen LogP contribution in [0, 0.1) is 5.82 Å². The standard InChI is InChI=1S/C18H24FN3O/c1-14(16-3-2-4-17(19)13-16)21-9-6-15(7-10-21)18-5-8-20-22(18)11-12-23/h2-5,8,13-15,23H,6-7,9-12H2,1H3/t14-/m1/s1. The molecule has 5 heteroatoms. The maximum absolute atomic E-state index is 13.4. The summed E-state index contributed by atoms with van der Waals surface area (Å²) in [5.74, 6) is 0.317. The van der Waals surface area contributed by atoms with E-state index in [0.717, 1.165) is 31.5 Å². The third kappa shape index (κ3) is 3.62. The van der Waals surface area contributed by atoms with Crippen LogP contribution in [0.25, 0.3) is 0 Å². The van der Waals surface area contributed by atoms with Crippen LogP contribution in [0.5, 0.6) is 0 Å². The highest BCUT2D eigenvalue weighted by atomic mass is 19.1. The van der Waals surface area contributed by atoms with Crippen LogP contribution in [0.3, 0.4) is 0 Å². The van der Waals surface area contributed by atoms with Crippen molar-refractivity contribution in [1.29, 1.82) is 0 Å². The van der Waals surface area contributed by atoms with Gasteiger partial charge in [-0.1, -0.05) is 12.1 Å². The molecule has 1 aromatic heterocycles. The van der Waals surface area contributed by atoms with E-state index in [1.807, 2.05) is 16.9 Å². The summed E-state index contributed by atoms with van der Waals surface area (Å²) in [6.45, 7) is 4.80. The summed E-state index contributed by atoms with van der Waals surface area (Å²) in [5, 5.41) is 13.4. The van der Waals surface area contributed by atoms with E-state index in [9.17, 15) is 4.39 Å². The monoisotopic (exact) mass is 317 g/mol. The molecule has 23 heavy (non-hydrogen) atoms. The number of piperidine rings is 1. The second kappa shape index (κ2) is 7.23. The molecule has 0 spiro atoms. The fourth-order valence-corrected chi connectivity index (χ4v) is 3.53. The first-order valence-electron chi connectivity index (χ1n) is 8.31. The zero-order valence-corrected chi connectivity index (χ0v) is 13.5. The van der Waals surface area contributed by atoms with E-state index < -0.39 is 0 Å². The first-order chi connectivity index (χ1) is 11.2. The molecule has 0 aliphatic carbocycles. The third-order valence-corrected chi connectivity index (χ3v) is 4.89. The van der Waals surface area contributed by atoms with Gasteiger partial charge in [0.1, 0.15) is 5.82 Å². The van der Waals surface area contributed by atoms with Crippen LogP contribution >= 0.6 is 0 Å². The van der Waals surface area contributed by atoms with E-state index in [-0.39, 0.29) is 18.5 Å². The van der Waals surface area contributed by atoms with E-state index in [1.165, 1.54) is 11.8 Å². The Morgan fingerprint density at radius 3 is 2.78 bits per heavy atom. The van der Waals surface area contributed by atoms with Crippen LogP contribution in [0.4, 0.5) is 4.39 Å². The molecule has 1 aromatic carbocycles. The van der Waals surface area contributed by atoms with E-state index in [2.05, 4.69) is 23.0 Å². The number of aliphatic hydroxyl groups is 1. The quantitative estimate of drug-likeness (QED) is 0.922. The predicted octanol–water partition coefficient (Wildman–Crippen LogP) is 2.96. The fraction of sp³-hybridized carbons (Fsp3) is 0.500. The Morgan fingerprint density at radius 2 is 2.09 bits per heavy atom. The van der Waals surface area contributed by atoms with Crippen molar-refractivity contribution in [3.05, 3.63) is 53.6 Å². The topological polar surface area (TPSA) is 41.3 Å². The molecule has 1 fully saturated rings. The van der Waals surface area contributed by atoms with Crippen molar-refractivity contribution < 1.29 is 9.50 Å². The minimum Gasteiger partial charge on any atom is -0.394 e. The second-order valence-electron chi connectivity index (χ2n) is 6.24. The SMILES string of the molecule is C[C@H](c1cccc(F)c1)N1CCC(c2ccnn2CCO)CC1. The van der Waals surface area contributed by atoms with Crippen LogP contribution in [0.1, 0.15) is 43.0 Å². The van der Waals surface area contributed by atoms with E-state index in [1.54, 1.807) is 12.1 Å². The molecule has 2 aromatic rings. The van der Waals surface area contributed by atoms with Gasteiger partial charge in [-0.15, -0.1) is 0 Å². The van der Waals surface area contributed by atoms with Crippen molar-refractivity contribution >= 4 is 0 Å². The Labute approximate surface area is 136 Å². The molecule has 1 N–H and O–H groups in total. The molecule has 0 radical (unpaired) electrons. The second-order valence-corrected chi connectivity index (χ2v) is 6.24. The molecule has 1 aliphatic heterocycles. The van der Waals surface area contributed by atoms with Crippen LogP contribution < -0.4 is 0 Å². The molecule has 4 nitrogen and oxygen atoms in total. The summed E-state index contributed by atoms with van der Waals surface area (Å²) in [6.07, 6.45) is 3.94. The number of halogens is 1. The van der Waals surface area contributed by atoms with Crippen molar-refractivity contribution in [3.8, 4) is 0 Å². The minimum absolute atomic E-state index is 0.115. The predicted molar refractivity (Wildman–Crippen MR) is 87.7 cm³/mol. The molecule has 0 bridgehead atoms. The third-order valence-electron chi connectivity index (χ3n) is 4.89. The van der Waals surface area contributed by atoms with E-state index >= 15 is 0 Å². The molecular weight excluding hydrogens is 293 g/mol. The van der Waals surface area contributed by atoms with Crippen LogP contribution in [0.15, 0.2) is 36.5 Å². The van der Waals surface area contributed by atoms with E-state index in [0.29, 0.717) is 12.5 Å². The van der Waals surface area contributed by atoms with Crippen molar-refractivity contribution in [2.24, 2.45) is 0 Å². The maximum atomic E-state index is 13.4. The number of benzene rings is 1. The van der Waals surface area contributed by atoms with Crippen molar-refractivity contribution in [1.82, 2.24) is 14.7 Å². The van der Waals surface area contributed by atoms with Crippen LogP contribution in [0.2, 0.25) is 0 Å². The minimum atomic E-state index is -0.169. The molecule has 0 amide bonds. The first-order valence-corrected chi connectivity index (χ1v) is 8.31. The molecular formula is C18H24FN3O. The first kappa shape index (κ1) is 16.1. The number of aromatic nitrogens is 2. The van der Waals surface area contributed by atoms with E-state index in [4.69, 9.17) is 5.11 Å². The Morgan fingerprint density at radius 1 is 1.30 bits per heavy atom. The van der Waals surface area contributed by atoms with Gasteiger partial charge in [0, 0.05) is 23.9 Å². The summed E-state index contributed by atoms with van der Waals surface area (Å²) < 4.78 is 15.3. The molecule has 2 heterocycles. The summed E-state index contributed by atoms with van der Waals surface area (Å²) >= 11 is 0. The summed E-state index contributed by atoms with van der Waals surface area (Å²) in [5.41, 5.74) is 2.26. The Bertz CT molecular complexity index is 635. The maximum Gasteiger partial charge on any atom is 0.123 e. The molecule has 0 saturated carbocycles. The number of likely N-dealkylation sites (tertiary alicyclic amines) is 1. The van der Waals surface area contributed by atoms with Gasteiger partial charge < -0.3 is 5.11 Å². The largest absolute Gasteiger partial charge is 0.394 e. The molecule has 1 saturated heterocycles. The lowest BCUT2D eigenvalue weighted by molar-refractivity contribution is 0.159. The lowest BCUT2D eigenvalue weighted by Gasteiger charge is -2.36. The van der Waals surface area contributed by atoms with Crippen molar-refractivity contribution in [3.63, 3.8) is 0 Å². The Hall–Kier alpha value is -1.72. The normalized spacial score (nSPS) is 18.2. The van der Waals surface area contributed by atoms with Gasteiger partial charge >= 0.3 is 0 Å². The summed E-state index contributed by atoms with van der Waals surface area (Å²) in [6, 6.07) is 9.19. The molecule has 1 atom stereocenters. The fourth-order valence-electron chi connectivity index (χ4n) is 3.53. The highest BCUT2D eigenvalue weighted by Gasteiger charge is 2.26. The lowest BCUT2D eigenvalue weighted by Crippen LogP contribution is -2.35. The highest BCUT2D eigenvalue weighted by molar-refractivity contribution is 5.20. The summed E-state index contributed by atoms with van der Waals surface area (Å²) in [4.78, 5) is 2.41. The number of hydrogen-bond donors (Lipinski definition) is 1. The van der Waals surface area contributed by atoms with Crippen LogP contribution in [-0.4, -0.2) is 39.5 Å². The van der Waals surface area contributed by atoms with Crippen LogP contribution in [-0.2, 0) is 6.54 Å². The van der Waals surface area contributed by atoms with Gasteiger partial charge in [-0.2, -0.15) is 5.10 Å². The van der Waals surface area contributed by atoms with Crippen molar-refractivity contribution in [2.45, 2.75) is 38.3 Å². The summed E-state index contributed by atoms with van der Waals surface area (Å²) in [7, 11) is 0. The highest BCUT2D eigenvalue weighted by Crippen LogP contribution is 2.32. The molecule has 3 rings (SSSR count). The zero-order valence-electron chi connectivity index (χ0n) is 13.5. The Kier molecular flexibility index (Phi) is 5.08. The van der Waals surface area contributed by atoms with Gasteiger partial charge in [0.25, 0.3) is 0 Å². The zero-order chi connectivity index (χ0) is 16.2. The number of nitrogens with zero attached hydrogens (tertiary/aromatic N) is 3. The average molecular weight is 317 g/mol. The van der Waals surface area contributed by atoms with Gasteiger partial charge in [0.15, 0.2) is 0 Å². The van der Waals surface area contributed by atoms with Gasteiger partial charge in [0.05, 0.1) is 13.2 Å². The van der Waals surface area contributed by atoms with Gasteiger partial charge in [-0.05, 0) is 56.6 Å².